The average Bonchev–Trinajstić information content (AvgIpc) is 3.11. The van der Waals surface area contributed by atoms with Crippen LogP contribution in [0.1, 0.15) is 37.7 Å². The lowest BCUT2D eigenvalue weighted by Crippen LogP contribution is -2.49. The van der Waals surface area contributed by atoms with Gasteiger partial charge in [-0.15, -0.1) is 0 Å². The molecule has 38 heavy (non-hydrogen) atoms. The SMILES string of the molecule is CC(C)(C)OC(=O)N[C@H](Cc1ccccc1C(F)(F)F)C(=O)NCc1nc2cccnc2n1CC(F)(F)F. The fourth-order valence-electron chi connectivity index (χ4n) is 3.63. The van der Waals surface area contributed by atoms with Crippen molar-refractivity contribution in [3.8, 4) is 0 Å². The van der Waals surface area contributed by atoms with E-state index >= 15 is 0 Å². The first kappa shape index (κ1) is 28.7. The molecule has 0 bridgehead atoms. The molecule has 206 valence electrons. The van der Waals surface area contributed by atoms with E-state index in [2.05, 4.69) is 20.6 Å². The Hall–Kier alpha value is -3.84. The molecule has 0 unspecified atom stereocenters. The zero-order valence-corrected chi connectivity index (χ0v) is 20.6. The summed E-state index contributed by atoms with van der Waals surface area (Å²) in [7, 11) is 0. The van der Waals surface area contributed by atoms with Gasteiger partial charge in [0.25, 0.3) is 0 Å². The summed E-state index contributed by atoms with van der Waals surface area (Å²) in [6.07, 6.45) is -9.68. The van der Waals surface area contributed by atoms with Gasteiger partial charge in [-0.2, -0.15) is 26.3 Å². The van der Waals surface area contributed by atoms with Crippen LogP contribution in [0.2, 0.25) is 0 Å². The number of benzene rings is 1. The normalized spacial score (nSPS) is 13.3. The lowest BCUT2D eigenvalue weighted by molar-refractivity contribution is -0.140. The first-order valence-electron chi connectivity index (χ1n) is 11.3. The van der Waals surface area contributed by atoms with E-state index < -0.39 is 61.1 Å². The Balaban J connectivity index is 1.87. The van der Waals surface area contributed by atoms with E-state index in [4.69, 9.17) is 4.74 Å². The molecule has 0 spiro atoms. The largest absolute Gasteiger partial charge is 0.444 e. The molecule has 0 aliphatic carbocycles. The Bertz CT molecular complexity index is 1300. The van der Waals surface area contributed by atoms with Crippen molar-refractivity contribution in [3.05, 3.63) is 59.5 Å². The first-order chi connectivity index (χ1) is 17.5. The summed E-state index contributed by atoms with van der Waals surface area (Å²) in [6.45, 7) is 2.72. The third-order valence-electron chi connectivity index (χ3n) is 5.10. The number of carbonyl (C=O) groups excluding carboxylic acids is 2. The highest BCUT2D eigenvalue weighted by Gasteiger charge is 2.35. The lowest BCUT2D eigenvalue weighted by atomic mass is 9.99. The van der Waals surface area contributed by atoms with Gasteiger partial charge in [0.1, 0.15) is 29.5 Å². The van der Waals surface area contributed by atoms with Crippen molar-refractivity contribution < 1.29 is 40.7 Å². The van der Waals surface area contributed by atoms with Crippen LogP contribution in [0.4, 0.5) is 31.1 Å². The number of amides is 2. The van der Waals surface area contributed by atoms with Gasteiger partial charge in [0.15, 0.2) is 5.65 Å². The van der Waals surface area contributed by atoms with Crippen molar-refractivity contribution in [2.24, 2.45) is 0 Å². The zero-order valence-electron chi connectivity index (χ0n) is 20.6. The summed E-state index contributed by atoms with van der Waals surface area (Å²) in [6, 6.07) is 5.91. The predicted molar refractivity (Wildman–Crippen MR) is 124 cm³/mol. The number of nitrogens with one attached hydrogen (secondary N) is 2. The van der Waals surface area contributed by atoms with E-state index in [0.29, 0.717) is 0 Å². The summed E-state index contributed by atoms with van der Waals surface area (Å²) >= 11 is 0. The summed E-state index contributed by atoms with van der Waals surface area (Å²) < 4.78 is 86.0. The van der Waals surface area contributed by atoms with E-state index in [1.165, 1.54) is 30.5 Å². The molecule has 0 fully saturated rings. The number of hydrogen-bond acceptors (Lipinski definition) is 5. The number of pyridine rings is 1. The van der Waals surface area contributed by atoms with Gasteiger partial charge in [-0.3, -0.25) is 4.79 Å². The molecule has 3 aromatic rings. The summed E-state index contributed by atoms with van der Waals surface area (Å²) in [5, 5.41) is 4.62. The maximum absolute atomic E-state index is 13.5. The van der Waals surface area contributed by atoms with E-state index in [0.717, 1.165) is 16.7 Å². The second kappa shape index (κ2) is 10.9. The van der Waals surface area contributed by atoms with Gasteiger partial charge in [-0.1, -0.05) is 18.2 Å². The second-order valence-corrected chi connectivity index (χ2v) is 9.35. The lowest BCUT2D eigenvalue weighted by Gasteiger charge is -2.24. The van der Waals surface area contributed by atoms with Crippen molar-refractivity contribution in [2.75, 3.05) is 0 Å². The summed E-state index contributed by atoms with van der Waals surface area (Å²) in [4.78, 5) is 33.4. The molecule has 0 radical (unpaired) electrons. The minimum absolute atomic E-state index is 0.0587. The van der Waals surface area contributed by atoms with Gasteiger partial charge < -0.3 is 19.9 Å². The number of alkyl halides is 6. The van der Waals surface area contributed by atoms with Gasteiger partial charge >= 0.3 is 18.4 Å². The molecule has 0 saturated heterocycles. The minimum Gasteiger partial charge on any atom is -0.444 e. The molecule has 1 atom stereocenters. The fourth-order valence-corrected chi connectivity index (χ4v) is 3.63. The third kappa shape index (κ3) is 7.83. The number of nitrogens with zero attached hydrogens (tertiary/aromatic N) is 3. The van der Waals surface area contributed by atoms with Gasteiger partial charge in [0.2, 0.25) is 5.91 Å². The number of halogens is 6. The highest BCUT2D eigenvalue weighted by Crippen LogP contribution is 2.32. The number of alkyl carbamates (subject to hydrolysis) is 1. The number of imidazole rings is 1. The number of fused-ring (bicyclic) bond motifs is 1. The summed E-state index contributed by atoms with van der Waals surface area (Å²) in [5.41, 5.74) is -2.14. The van der Waals surface area contributed by atoms with Crippen molar-refractivity contribution in [2.45, 2.75) is 64.3 Å². The van der Waals surface area contributed by atoms with Crippen LogP contribution in [0.5, 0.6) is 0 Å². The molecule has 14 heteroatoms. The molecule has 2 amide bonds. The fraction of sp³-hybridized carbons (Fsp3) is 0.417. The zero-order chi connectivity index (χ0) is 28.3. The standard InChI is InChI=1S/C24H25F6N5O3/c1-22(2,3)38-21(37)34-17(11-14-7-4-5-8-15(14)24(28,29)30)20(36)32-12-18-33-16-9-6-10-31-19(16)35(18)13-23(25,26)27/h4-10,17H,11-13H2,1-3H3,(H,32,36)(H,34,37)/t17-/m1/s1. The molecular formula is C24H25F6N5O3. The van der Waals surface area contributed by atoms with E-state index in [-0.39, 0.29) is 22.6 Å². The van der Waals surface area contributed by atoms with E-state index in [1.54, 1.807) is 20.8 Å². The molecule has 2 N–H and O–H groups in total. The molecule has 0 aliphatic rings. The van der Waals surface area contributed by atoms with Crippen LogP contribution in [-0.2, 0) is 35.2 Å². The smallest absolute Gasteiger partial charge is 0.416 e. The Morgan fingerprint density at radius 1 is 1.03 bits per heavy atom. The van der Waals surface area contributed by atoms with Crippen LogP contribution in [0.25, 0.3) is 11.2 Å². The Kier molecular flexibility index (Phi) is 8.22. The van der Waals surface area contributed by atoms with Crippen LogP contribution < -0.4 is 10.6 Å². The quantitative estimate of drug-likeness (QED) is 0.417. The monoisotopic (exact) mass is 545 g/mol. The predicted octanol–water partition coefficient (Wildman–Crippen LogP) is 4.76. The van der Waals surface area contributed by atoms with Crippen molar-refractivity contribution in [1.29, 1.82) is 0 Å². The molecule has 3 rings (SSSR count). The van der Waals surface area contributed by atoms with Crippen LogP contribution in [0.3, 0.4) is 0 Å². The molecular weight excluding hydrogens is 520 g/mol. The maximum atomic E-state index is 13.5. The van der Waals surface area contributed by atoms with Gasteiger partial charge in [0, 0.05) is 12.6 Å². The van der Waals surface area contributed by atoms with Gasteiger partial charge in [0.05, 0.1) is 12.1 Å². The van der Waals surface area contributed by atoms with E-state index in [9.17, 15) is 35.9 Å². The molecule has 2 heterocycles. The first-order valence-corrected chi connectivity index (χ1v) is 11.3. The van der Waals surface area contributed by atoms with Crippen molar-refractivity contribution >= 4 is 23.2 Å². The van der Waals surface area contributed by atoms with Crippen LogP contribution in [0, 0.1) is 0 Å². The number of hydrogen-bond donors (Lipinski definition) is 2. The number of rotatable bonds is 7. The van der Waals surface area contributed by atoms with Crippen LogP contribution >= 0.6 is 0 Å². The van der Waals surface area contributed by atoms with Crippen molar-refractivity contribution in [3.63, 3.8) is 0 Å². The van der Waals surface area contributed by atoms with E-state index in [1.807, 2.05) is 0 Å². The Morgan fingerprint density at radius 2 is 1.71 bits per heavy atom. The number of aromatic nitrogens is 3. The molecule has 0 saturated carbocycles. The highest BCUT2D eigenvalue weighted by molar-refractivity contribution is 5.86. The second-order valence-electron chi connectivity index (χ2n) is 9.35. The maximum Gasteiger partial charge on any atom is 0.416 e. The number of ether oxygens (including phenoxy) is 1. The van der Waals surface area contributed by atoms with Gasteiger partial charge in [-0.25, -0.2) is 14.8 Å². The molecule has 0 aliphatic heterocycles. The number of carbonyl (C=O) groups is 2. The van der Waals surface area contributed by atoms with Crippen LogP contribution in [0.15, 0.2) is 42.6 Å². The molecule has 1 aromatic carbocycles. The Labute approximate surface area is 213 Å². The third-order valence-corrected chi connectivity index (χ3v) is 5.10. The highest BCUT2D eigenvalue weighted by atomic mass is 19.4. The summed E-state index contributed by atoms with van der Waals surface area (Å²) in [5.74, 6) is -1.14. The molecule has 2 aromatic heterocycles. The average molecular weight is 545 g/mol. The van der Waals surface area contributed by atoms with Crippen LogP contribution in [-0.4, -0.2) is 44.4 Å². The topological polar surface area (TPSA) is 98.1 Å². The van der Waals surface area contributed by atoms with Crippen molar-refractivity contribution in [1.82, 2.24) is 25.2 Å². The minimum atomic E-state index is -4.72. The van der Waals surface area contributed by atoms with Gasteiger partial charge in [-0.05, 0) is 44.5 Å². The Morgan fingerprint density at radius 3 is 2.34 bits per heavy atom. The molecule has 8 nitrogen and oxygen atoms in total.